The van der Waals surface area contributed by atoms with Crippen molar-refractivity contribution in [1.82, 2.24) is 19.7 Å². The number of fused-ring (bicyclic) bond motifs is 3. The molecule has 0 bridgehead atoms. The van der Waals surface area contributed by atoms with Crippen LogP contribution in [0.1, 0.15) is 37.3 Å². The summed E-state index contributed by atoms with van der Waals surface area (Å²) in [5, 5.41) is 9.21. The van der Waals surface area contributed by atoms with Crippen molar-refractivity contribution in [1.29, 1.82) is 0 Å². The smallest absolute Gasteiger partial charge is 0.235 e. The number of nitrogens with one attached hydrogen (secondary N) is 1. The van der Waals surface area contributed by atoms with Crippen LogP contribution in [-0.4, -0.2) is 80.2 Å². The van der Waals surface area contributed by atoms with Crippen molar-refractivity contribution in [2.75, 3.05) is 39.5 Å². The molecule has 1 atom stereocenters. The molecule has 2 aliphatic rings. The second kappa shape index (κ2) is 9.79. The summed E-state index contributed by atoms with van der Waals surface area (Å²) in [6.45, 7) is 2.34. The molecule has 0 saturated carbocycles. The topological polar surface area (TPSA) is 122 Å². The maximum atomic E-state index is 12.4. The van der Waals surface area contributed by atoms with Crippen molar-refractivity contribution in [3.8, 4) is 5.75 Å². The number of benzene rings is 2. The van der Waals surface area contributed by atoms with E-state index in [1.165, 1.54) is 6.26 Å². The van der Waals surface area contributed by atoms with Gasteiger partial charge in [-0.3, -0.25) is 19.8 Å². The van der Waals surface area contributed by atoms with Gasteiger partial charge in [0.05, 0.1) is 17.6 Å². The lowest BCUT2D eigenvalue weighted by Crippen LogP contribution is -2.46. The van der Waals surface area contributed by atoms with Crippen LogP contribution in [-0.2, 0) is 19.6 Å². The molecule has 2 aromatic carbocycles. The van der Waals surface area contributed by atoms with Gasteiger partial charge in [-0.2, -0.15) is 0 Å². The normalized spacial score (nSPS) is 20.4. The minimum absolute atomic E-state index is 0.263. The van der Waals surface area contributed by atoms with Crippen LogP contribution in [0.5, 0.6) is 5.75 Å². The summed E-state index contributed by atoms with van der Waals surface area (Å²) in [6.07, 6.45) is 3.56. The Labute approximate surface area is 209 Å². The Morgan fingerprint density at radius 1 is 1.17 bits per heavy atom. The number of hydrogen-bond donors (Lipinski definition) is 1. The van der Waals surface area contributed by atoms with Gasteiger partial charge >= 0.3 is 0 Å². The number of hydrogen-bond acceptors (Lipinski definition) is 8. The minimum Gasteiger partial charge on any atom is -0.492 e. The molecular formula is C25H30N4O6S. The predicted molar refractivity (Wildman–Crippen MR) is 134 cm³/mol. The molecule has 5 rings (SSSR count). The number of rotatable bonds is 7. The zero-order valence-corrected chi connectivity index (χ0v) is 21.2. The fourth-order valence-electron chi connectivity index (χ4n) is 5.16. The SMILES string of the molecule is CN(CCOc1ccc2c(ccc3onc([C@@H]4CCC(=O)NC4=O)c32)c1)C1CCN(S(C)(=O)=O)CC1. The highest BCUT2D eigenvalue weighted by Crippen LogP contribution is 2.36. The molecule has 0 unspecified atom stereocenters. The molecular weight excluding hydrogens is 484 g/mol. The van der Waals surface area contributed by atoms with E-state index in [0.29, 0.717) is 43.4 Å². The first-order valence-corrected chi connectivity index (χ1v) is 14.0. The third-order valence-electron chi connectivity index (χ3n) is 7.25. The molecule has 3 heterocycles. The Bertz CT molecular complexity index is 1410. The first kappa shape index (κ1) is 24.7. The third kappa shape index (κ3) is 4.95. The number of carbonyl (C=O) groups excluding carboxylic acids is 2. The summed E-state index contributed by atoms with van der Waals surface area (Å²) < 4.78 is 36.5. The van der Waals surface area contributed by atoms with Gasteiger partial charge in [0.25, 0.3) is 0 Å². The molecule has 3 aromatic rings. The van der Waals surface area contributed by atoms with E-state index >= 15 is 0 Å². The largest absolute Gasteiger partial charge is 0.492 e. The molecule has 2 saturated heterocycles. The number of imide groups is 1. The van der Waals surface area contributed by atoms with E-state index < -0.39 is 15.9 Å². The molecule has 1 aromatic heterocycles. The monoisotopic (exact) mass is 514 g/mol. The predicted octanol–water partition coefficient (Wildman–Crippen LogP) is 2.24. The standard InChI is InChI=1S/C25H30N4O6S/c1-28(17-9-11-29(12-10-17)36(2,32)33)13-14-34-18-4-5-19-16(15-18)3-7-21-23(19)24(27-35-21)20-6-8-22(30)26-25(20)31/h3-5,7,15,17,20H,6,8-14H2,1-2H3,(H,26,30,31)/t20-/m0/s1. The highest BCUT2D eigenvalue weighted by Gasteiger charge is 2.32. The summed E-state index contributed by atoms with van der Waals surface area (Å²) >= 11 is 0. The first-order valence-electron chi connectivity index (χ1n) is 12.1. The van der Waals surface area contributed by atoms with Crippen molar-refractivity contribution < 1.29 is 27.3 Å². The van der Waals surface area contributed by atoms with E-state index in [4.69, 9.17) is 9.26 Å². The molecule has 36 heavy (non-hydrogen) atoms. The van der Waals surface area contributed by atoms with Crippen molar-refractivity contribution in [3.05, 3.63) is 36.0 Å². The molecule has 1 N–H and O–H groups in total. The fourth-order valence-corrected chi connectivity index (χ4v) is 6.03. The molecule has 0 aliphatic carbocycles. The summed E-state index contributed by atoms with van der Waals surface area (Å²) in [7, 11) is -1.08. The second-order valence-corrected chi connectivity index (χ2v) is 11.6. The van der Waals surface area contributed by atoms with Crippen molar-refractivity contribution in [2.24, 2.45) is 0 Å². The van der Waals surface area contributed by atoms with Crippen LogP contribution in [0.4, 0.5) is 0 Å². The van der Waals surface area contributed by atoms with Gasteiger partial charge in [0.2, 0.25) is 21.8 Å². The molecule has 2 fully saturated rings. The van der Waals surface area contributed by atoms with Gasteiger partial charge in [-0.1, -0.05) is 11.2 Å². The van der Waals surface area contributed by atoms with E-state index in [9.17, 15) is 18.0 Å². The van der Waals surface area contributed by atoms with Crippen LogP contribution in [0.2, 0.25) is 0 Å². The van der Waals surface area contributed by atoms with Gasteiger partial charge in [0.15, 0.2) is 5.58 Å². The lowest BCUT2D eigenvalue weighted by molar-refractivity contribution is -0.134. The maximum Gasteiger partial charge on any atom is 0.235 e. The summed E-state index contributed by atoms with van der Waals surface area (Å²) in [5.74, 6) is -0.392. The van der Waals surface area contributed by atoms with E-state index in [2.05, 4.69) is 15.4 Å². The second-order valence-electron chi connectivity index (χ2n) is 9.62. The van der Waals surface area contributed by atoms with E-state index in [-0.39, 0.29) is 18.2 Å². The number of amides is 2. The fraction of sp³-hybridized carbons (Fsp3) is 0.480. The van der Waals surface area contributed by atoms with Gasteiger partial charge < -0.3 is 9.26 Å². The van der Waals surface area contributed by atoms with E-state index in [1.54, 1.807) is 4.31 Å². The Morgan fingerprint density at radius 3 is 2.67 bits per heavy atom. The molecule has 192 valence electrons. The zero-order chi connectivity index (χ0) is 25.4. The summed E-state index contributed by atoms with van der Waals surface area (Å²) in [5.41, 5.74) is 1.15. The molecule has 2 amide bonds. The van der Waals surface area contributed by atoms with Crippen LogP contribution in [0, 0.1) is 0 Å². The quantitative estimate of drug-likeness (QED) is 0.477. The Kier molecular flexibility index (Phi) is 6.71. The molecule has 11 heteroatoms. The van der Waals surface area contributed by atoms with Gasteiger partial charge in [-0.05, 0) is 61.3 Å². The average Bonchev–Trinajstić information content (AvgIpc) is 3.28. The average molecular weight is 515 g/mol. The van der Waals surface area contributed by atoms with Gasteiger partial charge in [-0.25, -0.2) is 12.7 Å². The highest BCUT2D eigenvalue weighted by atomic mass is 32.2. The number of piperidine rings is 2. The van der Waals surface area contributed by atoms with Crippen LogP contribution < -0.4 is 10.1 Å². The Morgan fingerprint density at radius 2 is 1.94 bits per heavy atom. The number of ether oxygens (including phenoxy) is 1. The minimum atomic E-state index is -3.12. The third-order valence-corrected chi connectivity index (χ3v) is 8.55. The van der Waals surface area contributed by atoms with Gasteiger partial charge in [0.1, 0.15) is 18.1 Å². The lowest BCUT2D eigenvalue weighted by Gasteiger charge is -2.35. The van der Waals surface area contributed by atoms with Crippen LogP contribution in [0.25, 0.3) is 21.7 Å². The number of sulfonamides is 1. The van der Waals surface area contributed by atoms with Crippen LogP contribution in [0.3, 0.4) is 0 Å². The van der Waals surface area contributed by atoms with E-state index in [1.807, 2.05) is 37.4 Å². The molecule has 2 aliphatic heterocycles. The summed E-state index contributed by atoms with van der Waals surface area (Å²) in [4.78, 5) is 26.2. The van der Waals surface area contributed by atoms with Crippen molar-refractivity contribution in [3.63, 3.8) is 0 Å². The Hall–Kier alpha value is -3.02. The molecule has 10 nitrogen and oxygen atoms in total. The molecule has 0 radical (unpaired) electrons. The maximum absolute atomic E-state index is 12.4. The zero-order valence-electron chi connectivity index (χ0n) is 20.4. The van der Waals surface area contributed by atoms with Gasteiger partial charge in [0, 0.05) is 32.1 Å². The number of aromatic nitrogens is 1. The van der Waals surface area contributed by atoms with Crippen LogP contribution >= 0.6 is 0 Å². The lowest BCUT2D eigenvalue weighted by atomic mass is 9.91. The van der Waals surface area contributed by atoms with Gasteiger partial charge in [-0.15, -0.1) is 0 Å². The van der Waals surface area contributed by atoms with Crippen LogP contribution in [0.15, 0.2) is 34.9 Å². The number of likely N-dealkylation sites (N-methyl/N-ethyl adjacent to an activating group) is 1. The number of nitrogens with zero attached hydrogens (tertiary/aromatic N) is 3. The van der Waals surface area contributed by atoms with Crippen molar-refractivity contribution >= 4 is 43.6 Å². The highest BCUT2D eigenvalue weighted by molar-refractivity contribution is 7.88. The molecule has 0 spiro atoms. The summed E-state index contributed by atoms with van der Waals surface area (Å²) in [6, 6.07) is 9.90. The van der Waals surface area contributed by atoms with E-state index in [0.717, 1.165) is 41.3 Å². The van der Waals surface area contributed by atoms with Crippen molar-refractivity contribution in [2.45, 2.75) is 37.6 Å². The first-order chi connectivity index (χ1) is 17.2. The Balaban J connectivity index is 1.25. The number of carbonyl (C=O) groups is 2.